The molecule has 2 heterocycles. The predicted octanol–water partition coefficient (Wildman–Crippen LogP) is 3.61. The van der Waals surface area contributed by atoms with Crippen LogP contribution in [0.5, 0.6) is 0 Å². The van der Waals surface area contributed by atoms with Crippen molar-refractivity contribution in [2.24, 2.45) is 0 Å². The van der Waals surface area contributed by atoms with Crippen molar-refractivity contribution >= 4 is 6.03 Å². The second kappa shape index (κ2) is 9.55. The molecule has 2 aromatic rings. The molecule has 150 valence electrons. The van der Waals surface area contributed by atoms with Gasteiger partial charge in [-0.3, -0.25) is 4.68 Å². The Morgan fingerprint density at radius 2 is 2.07 bits per heavy atom. The molecule has 1 aromatic carbocycles. The molecule has 1 N–H and O–H groups in total. The fourth-order valence-corrected chi connectivity index (χ4v) is 3.64. The summed E-state index contributed by atoms with van der Waals surface area (Å²) in [6.07, 6.45) is 7.99. The molecule has 0 radical (unpaired) electrons. The van der Waals surface area contributed by atoms with E-state index in [0.717, 1.165) is 19.3 Å². The summed E-state index contributed by atoms with van der Waals surface area (Å²) in [4.78, 5) is 14.5. The molecule has 1 aromatic heterocycles. The van der Waals surface area contributed by atoms with Crippen LogP contribution in [0.2, 0.25) is 0 Å². The number of carbonyl (C=O) groups excluding carboxylic acids is 1. The number of carbonyl (C=O) groups is 1. The van der Waals surface area contributed by atoms with E-state index in [9.17, 15) is 4.79 Å². The third-order valence-corrected chi connectivity index (χ3v) is 5.26. The number of nitrogens with zero attached hydrogens (tertiary/aromatic N) is 3. The lowest BCUT2D eigenvalue weighted by Gasteiger charge is -2.41. The Balaban J connectivity index is 1.50. The molecular weight excluding hydrogens is 352 g/mol. The van der Waals surface area contributed by atoms with Crippen LogP contribution in [0.1, 0.15) is 31.7 Å². The van der Waals surface area contributed by atoms with Gasteiger partial charge in [0.15, 0.2) is 0 Å². The Hall–Kier alpha value is -2.60. The van der Waals surface area contributed by atoms with Crippen molar-refractivity contribution in [2.45, 2.75) is 51.0 Å². The van der Waals surface area contributed by atoms with Crippen LogP contribution in [0.4, 0.5) is 4.79 Å². The number of ether oxygens (including phenoxy) is 1. The maximum atomic E-state index is 12.6. The third kappa shape index (κ3) is 5.45. The van der Waals surface area contributed by atoms with Gasteiger partial charge in [-0.05, 0) is 37.8 Å². The van der Waals surface area contributed by atoms with Gasteiger partial charge < -0.3 is 15.0 Å². The van der Waals surface area contributed by atoms with E-state index in [1.807, 2.05) is 53.0 Å². The zero-order valence-electron chi connectivity index (χ0n) is 16.6. The van der Waals surface area contributed by atoms with Gasteiger partial charge in [-0.2, -0.15) is 5.10 Å². The summed E-state index contributed by atoms with van der Waals surface area (Å²) < 4.78 is 8.16. The van der Waals surface area contributed by atoms with Crippen molar-refractivity contribution in [3.8, 4) is 0 Å². The van der Waals surface area contributed by atoms with Crippen molar-refractivity contribution in [1.82, 2.24) is 20.0 Å². The van der Waals surface area contributed by atoms with Crippen LogP contribution in [0.25, 0.3) is 0 Å². The largest absolute Gasteiger partial charge is 0.370 e. The van der Waals surface area contributed by atoms with Gasteiger partial charge in [0, 0.05) is 31.5 Å². The van der Waals surface area contributed by atoms with Gasteiger partial charge in [0.1, 0.15) is 0 Å². The molecular formula is C22H30N4O2. The van der Waals surface area contributed by atoms with Gasteiger partial charge in [0.05, 0.1) is 18.8 Å². The number of hydrogen-bond acceptors (Lipinski definition) is 3. The van der Waals surface area contributed by atoms with Gasteiger partial charge in [-0.15, -0.1) is 6.58 Å². The number of piperidine rings is 1. The van der Waals surface area contributed by atoms with Crippen LogP contribution in [0.15, 0.2) is 61.4 Å². The number of benzene rings is 1. The van der Waals surface area contributed by atoms with Crippen LogP contribution in [0.3, 0.4) is 0 Å². The Morgan fingerprint density at radius 1 is 1.32 bits per heavy atom. The minimum Gasteiger partial charge on any atom is -0.370 e. The average molecular weight is 383 g/mol. The number of likely N-dealkylation sites (tertiary alicyclic amines) is 1. The second-order valence-electron chi connectivity index (χ2n) is 7.52. The highest BCUT2D eigenvalue weighted by Crippen LogP contribution is 2.31. The molecule has 1 aliphatic heterocycles. The summed E-state index contributed by atoms with van der Waals surface area (Å²) >= 11 is 0. The first-order valence-corrected chi connectivity index (χ1v) is 9.92. The van der Waals surface area contributed by atoms with Gasteiger partial charge in [0.2, 0.25) is 0 Å². The number of urea groups is 1. The van der Waals surface area contributed by atoms with E-state index >= 15 is 0 Å². The minimum absolute atomic E-state index is 0.0154. The molecule has 1 aliphatic rings. The summed E-state index contributed by atoms with van der Waals surface area (Å²) in [5.41, 5.74) is 0.924. The molecule has 1 fully saturated rings. The molecule has 1 atom stereocenters. The number of amides is 2. The van der Waals surface area contributed by atoms with E-state index in [1.54, 1.807) is 6.20 Å². The smallest absolute Gasteiger partial charge is 0.317 e. The van der Waals surface area contributed by atoms with Crippen LogP contribution in [-0.4, -0.2) is 45.4 Å². The summed E-state index contributed by atoms with van der Waals surface area (Å²) in [5.74, 6) is 0. The average Bonchev–Trinajstić information content (AvgIpc) is 3.21. The zero-order chi connectivity index (χ0) is 19.8. The lowest BCUT2D eigenvalue weighted by Crippen LogP contribution is -2.52. The van der Waals surface area contributed by atoms with Crippen LogP contribution in [0, 0.1) is 0 Å². The zero-order valence-corrected chi connectivity index (χ0v) is 16.6. The topological polar surface area (TPSA) is 59.4 Å². The SMILES string of the molecule is C=CCC1(OCc2ccccc2)CCN(C(=O)N[C@H](C)Cn2cccn2)CC1. The van der Waals surface area contributed by atoms with E-state index in [2.05, 4.69) is 29.1 Å². The molecule has 6 nitrogen and oxygen atoms in total. The Kier molecular flexibility index (Phi) is 6.87. The monoisotopic (exact) mass is 382 g/mol. The molecule has 1 saturated heterocycles. The molecule has 0 bridgehead atoms. The van der Waals surface area contributed by atoms with Crippen molar-refractivity contribution in [3.63, 3.8) is 0 Å². The van der Waals surface area contributed by atoms with Gasteiger partial charge in [0.25, 0.3) is 0 Å². The highest BCUT2D eigenvalue weighted by atomic mass is 16.5. The quantitative estimate of drug-likeness (QED) is 0.710. The summed E-state index contributed by atoms with van der Waals surface area (Å²) in [7, 11) is 0. The van der Waals surface area contributed by atoms with Gasteiger partial charge in [-0.25, -0.2) is 4.79 Å². The first kappa shape index (κ1) is 20.1. The maximum absolute atomic E-state index is 12.6. The van der Waals surface area contributed by atoms with Crippen LogP contribution >= 0.6 is 0 Å². The van der Waals surface area contributed by atoms with Gasteiger partial charge >= 0.3 is 6.03 Å². The minimum atomic E-state index is -0.241. The van der Waals surface area contributed by atoms with Gasteiger partial charge in [-0.1, -0.05) is 36.4 Å². The highest BCUT2D eigenvalue weighted by molar-refractivity contribution is 5.74. The normalized spacial score (nSPS) is 17.1. The number of rotatable bonds is 8. The van der Waals surface area contributed by atoms with E-state index in [4.69, 9.17) is 4.74 Å². The summed E-state index contributed by atoms with van der Waals surface area (Å²) in [6.45, 7) is 8.51. The molecule has 6 heteroatoms. The maximum Gasteiger partial charge on any atom is 0.317 e. The molecule has 3 rings (SSSR count). The number of nitrogens with one attached hydrogen (secondary N) is 1. The predicted molar refractivity (Wildman–Crippen MR) is 110 cm³/mol. The van der Waals surface area contributed by atoms with E-state index in [0.29, 0.717) is 26.2 Å². The lowest BCUT2D eigenvalue weighted by atomic mass is 9.88. The molecule has 0 spiro atoms. The lowest BCUT2D eigenvalue weighted by molar-refractivity contribution is -0.0860. The molecule has 2 amide bonds. The first-order chi connectivity index (χ1) is 13.6. The van der Waals surface area contributed by atoms with Crippen LogP contribution < -0.4 is 5.32 Å². The van der Waals surface area contributed by atoms with E-state index in [-0.39, 0.29) is 17.7 Å². The van der Waals surface area contributed by atoms with E-state index < -0.39 is 0 Å². The summed E-state index contributed by atoms with van der Waals surface area (Å²) in [6, 6.07) is 12.1. The molecule has 0 saturated carbocycles. The fraction of sp³-hybridized carbons (Fsp3) is 0.455. The van der Waals surface area contributed by atoms with Crippen molar-refractivity contribution < 1.29 is 9.53 Å². The third-order valence-electron chi connectivity index (χ3n) is 5.26. The Bertz CT molecular complexity index is 737. The molecule has 28 heavy (non-hydrogen) atoms. The van der Waals surface area contributed by atoms with Crippen molar-refractivity contribution in [2.75, 3.05) is 13.1 Å². The fourth-order valence-electron chi connectivity index (χ4n) is 3.64. The number of aromatic nitrogens is 2. The highest BCUT2D eigenvalue weighted by Gasteiger charge is 2.36. The Morgan fingerprint density at radius 3 is 2.71 bits per heavy atom. The van der Waals surface area contributed by atoms with E-state index in [1.165, 1.54) is 5.56 Å². The van der Waals surface area contributed by atoms with Crippen molar-refractivity contribution in [1.29, 1.82) is 0 Å². The number of hydrogen-bond donors (Lipinski definition) is 1. The Labute approximate surface area is 167 Å². The first-order valence-electron chi connectivity index (χ1n) is 9.92. The molecule has 0 unspecified atom stereocenters. The van der Waals surface area contributed by atoms with Crippen LogP contribution in [-0.2, 0) is 17.9 Å². The second-order valence-corrected chi connectivity index (χ2v) is 7.52. The molecule has 0 aliphatic carbocycles. The van der Waals surface area contributed by atoms with Crippen molar-refractivity contribution in [3.05, 3.63) is 67.0 Å². The standard InChI is InChI=1S/C22H30N4O2/c1-3-10-22(28-18-20-8-5-4-6-9-20)11-15-25(16-12-22)21(27)24-19(2)17-26-14-7-13-23-26/h3-9,13-14,19H,1,10-12,15-18H2,2H3,(H,24,27)/t19-/m1/s1. The summed E-state index contributed by atoms with van der Waals surface area (Å²) in [5, 5.41) is 7.26.